The SMILES string of the molecule is C[C@H]1C(=O)C[C@]2(C(C)(C)C)O[C@H]1C(C(C)(C)C)C2=O. The minimum atomic E-state index is -0.917. The normalized spacial score (nSPS) is 39.8. The summed E-state index contributed by atoms with van der Waals surface area (Å²) in [4.78, 5) is 25.3. The fourth-order valence-electron chi connectivity index (χ4n) is 3.57. The van der Waals surface area contributed by atoms with Crippen molar-refractivity contribution in [1.82, 2.24) is 0 Å². The van der Waals surface area contributed by atoms with E-state index in [0.717, 1.165) is 0 Å². The number of hydrogen-bond acceptors (Lipinski definition) is 3. The van der Waals surface area contributed by atoms with Crippen molar-refractivity contribution in [3.8, 4) is 0 Å². The van der Waals surface area contributed by atoms with E-state index in [1.165, 1.54) is 0 Å². The molecule has 0 aromatic carbocycles. The molecule has 108 valence electrons. The fourth-order valence-corrected chi connectivity index (χ4v) is 3.57. The van der Waals surface area contributed by atoms with Crippen molar-refractivity contribution in [2.24, 2.45) is 22.7 Å². The largest absolute Gasteiger partial charge is 0.361 e. The summed E-state index contributed by atoms with van der Waals surface area (Å²) in [6, 6.07) is 0. The van der Waals surface area contributed by atoms with Crippen LogP contribution in [-0.2, 0) is 14.3 Å². The molecule has 0 saturated carbocycles. The summed E-state index contributed by atoms with van der Waals surface area (Å²) < 4.78 is 6.21. The van der Waals surface area contributed by atoms with Crippen molar-refractivity contribution in [2.75, 3.05) is 0 Å². The van der Waals surface area contributed by atoms with Crippen LogP contribution in [0.5, 0.6) is 0 Å². The Morgan fingerprint density at radius 2 is 1.63 bits per heavy atom. The fraction of sp³-hybridized carbons (Fsp3) is 0.875. The molecule has 1 unspecified atom stereocenters. The average molecular weight is 266 g/mol. The second-order valence-corrected chi connectivity index (χ2v) is 8.30. The standard InChI is InChI=1S/C16H26O3/c1-9-10(17)8-16(15(5,6)7)13(18)11(12(9)19-16)14(2,3)4/h9,11-12H,8H2,1-7H3/t9-,11?,12+,16-/m0/s1. The van der Waals surface area contributed by atoms with Crippen LogP contribution in [0.15, 0.2) is 0 Å². The third-order valence-corrected chi connectivity index (χ3v) is 4.91. The number of hydrogen-bond donors (Lipinski definition) is 0. The van der Waals surface area contributed by atoms with Gasteiger partial charge in [-0.1, -0.05) is 48.5 Å². The lowest BCUT2D eigenvalue weighted by molar-refractivity contribution is -0.177. The lowest BCUT2D eigenvalue weighted by Crippen LogP contribution is -2.53. The Morgan fingerprint density at radius 1 is 1.11 bits per heavy atom. The first-order valence-corrected chi connectivity index (χ1v) is 7.17. The number of rotatable bonds is 0. The van der Waals surface area contributed by atoms with Crippen LogP contribution in [-0.4, -0.2) is 23.3 Å². The van der Waals surface area contributed by atoms with Gasteiger partial charge in [0.1, 0.15) is 11.4 Å². The maximum absolute atomic E-state index is 13.0. The Balaban J connectivity index is 2.56. The molecule has 0 aromatic rings. The number of fused-ring (bicyclic) bond motifs is 2. The molecule has 4 atom stereocenters. The van der Waals surface area contributed by atoms with Gasteiger partial charge >= 0.3 is 0 Å². The zero-order chi connectivity index (χ0) is 14.8. The second kappa shape index (κ2) is 3.91. The van der Waals surface area contributed by atoms with Crippen molar-refractivity contribution < 1.29 is 14.3 Å². The first-order chi connectivity index (χ1) is 8.42. The first kappa shape index (κ1) is 14.7. The summed E-state index contributed by atoms with van der Waals surface area (Å²) in [5, 5.41) is 0. The number of ketones is 2. The molecular weight excluding hydrogens is 240 g/mol. The molecule has 19 heavy (non-hydrogen) atoms. The smallest absolute Gasteiger partial charge is 0.171 e. The number of Topliss-reactive ketones (excluding diaryl/α,β-unsaturated/α-hetero) is 2. The monoisotopic (exact) mass is 266 g/mol. The molecule has 3 nitrogen and oxygen atoms in total. The number of ether oxygens (including phenoxy) is 1. The van der Waals surface area contributed by atoms with E-state index in [4.69, 9.17) is 4.74 Å². The van der Waals surface area contributed by atoms with E-state index in [9.17, 15) is 9.59 Å². The summed E-state index contributed by atoms with van der Waals surface area (Å²) in [5.74, 6) is -0.0548. The van der Waals surface area contributed by atoms with Crippen LogP contribution in [0.4, 0.5) is 0 Å². The van der Waals surface area contributed by atoms with Crippen LogP contribution >= 0.6 is 0 Å². The molecule has 0 spiro atoms. The van der Waals surface area contributed by atoms with Crippen LogP contribution < -0.4 is 0 Å². The molecule has 2 fully saturated rings. The molecule has 0 aromatic heterocycles. The zero-order valence-corrected chi connectivity index (χ0v) is 13.2. The predicted molar refractivity (Wildman–Crippen MR) is 73.8 cm³/mol. The third-order valence-electron chi connectivity index (χ3n) is 4.91. The maximum Gasteiger partial charge on any atom is 0.171 e. The van der Waals surface area contributed by atoms with Crippen LogP contribution in [0, 0.1) is 22.7 Å². The van der Waals surface area contributed by atoms with Crippen molar-refractivity contribution in [2.45, 2.75) is 66.6 Å². The van der Waals surface area contributed by atoms with Crippen LogP contribution in [0.25, 0.3) is 0 Å². The lowest BCUT2D eigenvalue weighted by Gasteiger charge is -2.43. The molecular formula is C16H26O3. The van der Waals surface area contributed by atoms with Gasteiger partial charge in [-0.15, -0.1) is 0 Å². The Labute approximate surface area is 116 Å². The summed E-state index contributed by atoms with van der Waals surface area (Å²) in [6.07, 6.45) is -0.0208. The molecule has 3 heteroatoms. The molecule has 0 aliphatic carbocycles. The molecule has 0 amide bonds. The minimum absolute atomic E-state index is 0.134. The summed E-state index contributed by atoms with van der Waals surface area (Å²) in [6.45, 7) is 14.1. The van der Waals surface area contributed by atoms with Crippen molar-refractivity contribution in [1.29, 1.82) is 0 Å². The van der Waals surface area contributed by atoms with Gasteiger partial charge in [0.2, 0.25) is 0 Å². The lowest BCUT2D eigenvalue weighted by atomic mass is 9.67. The van der Waals surface area contributed by atoms with Gasteiger partial charge in [0.05, 0.1) is 12.0 Å². The van der Waals surface area contributed by atoms with E-state index in [0.29, 0.717) is 0 Å². The van der Waals surface area contributed by atoms with E-state index in [-0.39, 0.29) is 46.8 Å². The summed E-state index contributed by atoms with van der Waals surface area (Å²) in [5.41, 5.74) is -1.44. The van der Waals surface area contributed by atoms with Gasteiger partial charge in [0.25, 0.3) is 0 Å². The molecule has 2 bridgehead atoms. The highest BCUT2D eigenvalue weighted by atomic mass is 16.5. The van der Waals surface area contributed by atoms with E-state index in [1.807, 2.05) is 27.7 Å². The van der Waals surface area contributed by atoms with Crippen LogP contribution in [0.1, 0.15) is 54.9 Å². The minimum Gasteiger partial charge on any atom is -0.361 e. The van der Waals surface area contributed by atoms with Crippen molar-refractivity contribution in [3.05, 3.63) is 0 Å². The van der Waals surface area contributed by atoms with E-state index < -0.39 is 5.60 Å². The number of carbonyl (C=O) groups is 2. The molecule has 2 rings (SSSR count). The molecule has 0 N–H and O–H groups in total. The van der Waals surface area contributed by atoms with E-state index >= 15 is 0 Å². The van der Waals surface area contributed by atoms with Crippen LogP contribution in [0.2, 0.25) is 0 Å². The van der Waals surface area contributed by atoms with Crippen molar-refractivity contribution >= 4 is 11.6 Å². The van der Waals surface area contributed by atoms with Gasteiger partial charge in [-0.25, -0.2) is 0 Å². The number of carbonyl (C=O) groups excluding carboxylic acids is 2. The van der Waals surface area contributed by atoms with Gasteiger partial charge in [0.15, 0.2) is 5.78 Å². The highest BCUT2D eigenvalue weighted by Crippen LogP contribution is 2.55. The van der Waals surface area contributed by atoms with Gasteiger partial charge < -0.3 is 4.74 Å². The molecule has 2 aliphatic rings. The predicted octanol–water partition coefficient (Wildman–Crippen LogP) is 3.01. The Hall–Kier alpha value is -0.700. The average Bonchev–Trinajstić information content (AvgIpc) is 2.46. The highest BCUT2D eigenvalue weighted by Gasteiger charge is 2.67. The molecule has 2 aliphatic heterocycles. The molecule has 2 saturated heterocycles. The second-order valence-electron chi connectivity index (χ2n) is 8.30. The summed E-state index contributed by atoms with van der Waals surface area (Å²) in [7, 11) is 0. The van der Waals surface area contributed by atoms with E-state index in [1.54, 1.807) is 0 Å². The Bertz CT molecular complexity index is 424. The van der Waals surface area contributed by atoms with Crippen LogP contribution in [0.3, 0.4) is 0 Å². The quantitative estimate of drug-likeness (QED) is 0.677. The summed E-state index contributed by atoms with van der Waals surface area (Å²) >= 11 is 0. The van der Waals surface area contributed by atoms with Crippen molar-refractivity contribution in [3.63, 3.8) is 0 Å². The third kappa shape index (κ3) is 1.89. The van der Waals surface area contributed by atoms with Gasteiger partial charge in [-0.05, 0) is 10.8 Å². The Morgan fingerprint density at radius 3 is 2.05 bits per heavy atom. The van der Waals surface area contributed by atoms with Gasteiger partial charge in [0, 0.05) is 12.3 Å². The first-order valence-electron chi connectivity index (χ1n) is 7.17. The van der Waals surface area contributed by atoms with Gasteiger partial charge in [-0.2, -0.15) is 0 Å². The zero-order valence-electron chi connectivity index (χ0n) is 13.2. The topological polar surface area (TPSA) is 43.4 Å². The molecule has 2 heterocycles. The maximum atomic E-state index is 13.0. The highest BCUT2D eigenvalue weighted by molar-refractivity contribution is 6.01. The Kier molecular flexibility index (Phi) is 3.02. The van der Waals surface area contributed by atoms with E-state index in [2.05, 4.69) is 20.8 Å². The molecule has 0 radical (unpaired) electrons. The van der Waals surface area contributed by atoms with Gasteiger partial charge in [-0.3, -0.25) is 9.59 Å².